The highest BCUT2D eigenvalue weighted by atomic mass is 31.2. The molecule has 0 heterocycles. The minimum atomic E-state index is -3.55. The van der Waals surface area contributed by atoms with Gasteiger partial charge in [0.15, 0.2) is 6.29 Å². The molecule has 0 aliphatic carbocycles. The van der Waals surface area contributed by atoms with E-state index in [1.54, 1.807) is 13.8 Å². The van der Waals surface area contributed by atoms with E-state index in [4.69, 9.17) is 32.5 Å². The van der Waals surface area contributed by atoms with Crippen LogP contribution in [0.15, 0.2) is 24.3 Å². The summed E-state index contributed by atoms with van der Waals surface area (Å²) in [6.07, 6.45) is 35.5. The first-order valence-electron chi connectivity index (χ1n) is 24.9. The molecule has 0 atom stereocenters. The number of esters is 2. The molecule has 0 spiro atoms. The highest BCUT2D eigenvalue weighted by Crippen LogP contribution is 2.49. The number of carbonyl (C=O) groups excluding carboxylic acids is 2. The lowest BCUT2D eigenvalue weighted by Gasteiger charge is -2.23. The lowest BCUT2D eigenvalue weighted by atomic mass is 10.1. The van der Waals surface area contributed by atoms with Crippen molar-refractivity contribution in [3.8, 4) is 0 Å². The molecule has 0 aromatic heterocycles. The number of rotatable bonds is 48. The summed E-state index contributed by atoms with van der Waals surface area (Å²) in [6.45, 7) is 15.5. The topological polar surface area (TPSA) is 119 Å². The molecule has 0 saturated heterocycles. The van der Waals surface area contributed by atoms with E-state index in [9.17, 15) is 14.2 Å². The largest absolute Gasteiger partial charge is 0.474 e. The lowest BCUT2D eigenvalue weighted by Crippen LogP contribution is -2.30. The fraction of sp³-hybridized carbons (Fsp3) is 0.878. The quantitative estimate of drug-likeness (QED) is 0.0191. The number of allylic oxidation sites excluding steroid dienone is 4. The number of hydrogen-bond donors (Lipinski definition) is 0. The van der Waals surface area contributed by atoms with Crippen molar-refractivity contribution in [2.75, 3.05) is 65.9 Å². The Hall–Kier alpha value is -1.59. The number of unbranched alkanes of at least 4 members (excludes halogenated alkanes) is 17. The first-order chi connectivity index (χ1) is 29.8. The van der Waals surface area contributed by atoms with Crippen molar-refractivity contribution in [3.63, 3.8) is 0 Å². The highest BCUT2D eigenvalue weighted by Gasteiger charge is 2.25. The molecule has 12 heteroatoms. The maximum atomic E-state index is 12.8. The summed E-state index contributed by atoms with van der Waals surface area (Å²) in [5.41, 5.74) is 0. The molecule has 0 N–H and O–H groups in total. The van der Waals surface area contributed by atoms with Crippen LogP contribution >= 0.6 is 7.82 Å². The Morgan fingerprint density at radius 3 is 1.44 bits per heavy atom. The van der Waals surface area contributed by atoms with Crippen LogP contribution in [-0.4, -0.2) is 89.0 Å². The maximum Gasteiger partial charge on any atom is 0.474 e. The van der Waals surface area contributed by atoms with Crippen molar-refractivity contribution in [1.82, 2.24) is 4.90 Å². The fourth-order valence-corrected chi connectivity index (χ4v) is 7.89. The van der Waals surface area contributed by atoms with Crippen LogP contribution < -0.4 is 0 Å². The smallest absolute Gasteiger partial charge is 0.466 e. The fourth-order valence-electron chi connectivity index (χ4n) is 6.72. The molecule has 360 valence electrons. The van der Waals surface area contributed by atoms with E-state index >= 15 is 0 Å². The third-order valence-corrected chi connectivity index (χ3v) is 11.9. The van der Waals surface area contributed by atoms with Gasteiger partial charge in [-0.1, -0.05) is 116 Å². The molecule has 0 rings (SSSR count). The Morgan fingerprint density at radius 2 is 0.934 bits per heavy atom. The molecular formula is C49H94NO10P. The van der Waals surface area contributed by atoms with Gasteiger partial charge in [0.05, 0.1) is 39.5 Å². The van der Waals surface area contributed by atoms with Crippen molar-refractivity contribution < 1.29 is 46.7 Å². The van der Waals surface area contributed by atoms with Crippen LogP contribution in [0.1, 0.15) is 208 Å². The monoisotopic (exact) mass is 888 g/mol. The zero-order chi connectivity index (χ0) is 44.8. The van der Waals surface area contributed by atoms with Gasteiger partial charge in [-0.2, -0.15) is 0 Å². The van der Waals surface area contributed by atoms with Gasteiger partial charge in [-0.3, -0.25) is 23.2 Å². The van der Waals surface area contributed by atoms with Gasteiger partial charge >= 0.3 is 19.8 Å². The second kappa shape index (κ2) is 46.4. The van der Waals surface area contributed by atoms with Crippen LogP contribution in [-0.2, 0) is 46.7 Å². The number of phosphoric acid groups is 1. The summed E-state index contributed by atoms with van der Waals surface area (Å²) in [6, 6.07) is 0. The molecule has 11 nitrogen and oxygen atoms in total. The van der Waals surface area contributed by atoms with Crippen molar-refractivity contribution in [3.05, 3.63) is 24.3 Å². The SMILES string of the molecule is CC/C=C\CCCCOC(CCC(=O)OCCCCCCN(CCCCCCCC(=O)OCCCCCCCCC)CCOP(=O)(OCC)OCC)OCCCC/C=C\CC. The van der Waals surface area contributed by atoms with Crippen LogP contribution in [0.4, 0.5) is 0 Å². The molecular weight excluding hydrogens is 794 g/mol. The number of hydrogen-bond acceptors (Lipinski definition) is 11. The van der Waals surface area contributed by atoms with Crippen molar-refractivity contribution >= 4 is 19.8 Å². The van der Waals surface area contributed by atoms with Gasteiger partial charge in [-0.05, 0) is 110 Å². The summed E-state index contributed by atoms with van der Waals surface area (Å²) in [7, 11) is -3.55. The second-order valence-corrected chi connectivity index (χ2v) is 17.6. The Bertz CT molecular complexity index is 1040. The van der Waals surface area contributed by atoms with Gasteiger partial charge in [0.2, 0.25) is 0 Å². The average Bonchev–Trinajstić information content (AvgIpc) is 3.24. The number of ether oxygens (including phenoxy) is 4. The van der Waals surface area contributed by atoms with Gasteiger partial charge in [0, 0.05) is 32.6 Å². The third kappa shape index (κ3) is 42.1. The Kier molecular flexibility index (Phi) is 45.2. The van der Waals surface area contributed by atoms with E-state index in [0.29, 0.717) is 45.8 Å². The van der Waals surface area contributed by atoms with E-state index in [1.807, 2.05) is 0 Å². The van der Waals surface area contributed by atoms with Crippen LogP contribution in [0, 0.1) is 0 Å². The zero-order valence-electron chi connectivity index (χ0n) is 40.0. The molecule has 0 aromatic rings. The molecule has 0 unspecified atom stereocenters. The summed E-state index contributed by atoms with van der Waals surface area (Å²) < 4.78 is 52.2. The van der Waals surface area contributed by atoms with Crippen LogP contribution in [0.2, 0.25) is 0 Å². The van der Waals surface area contributed by atoms with Gasteiger partial charge in [0.25, 0.3) is 0 Å². The molecule has 61 heavy (non-hydrogen) atoms. The molecule has 0 aromatic carbocycles. The van der Waals surface area contributed by atoms with Crippen LogP contribution in [0.25, 0.3) is 0 Å². The molecule has 0 bridgehead atoms. The Morgan fingerprint density at radius 1 is 0.475 bits per heavy atom. The molecule has 0 fully saturated rings. The van der Waals surface area contributed by atoms with Gasteiger partial charge in [-0.25, -0.2) is 4.57 Å². The second-order valence-electron chi connectivity index (χ2n) is 15.9. The third-order valence-electron chi connectivity index (χ3n) is 10.3. The minimum Gasteiger partial charge on any atom is -0.466 e. The molecule has 0 aliphatic heterocycles. The summed E-state index contributed by atoms with van der Waals surface area (Å²) in [4.78, 5) is 27.1. The van der Waals surface area contributed by atoms with Crippen LogP contribution in [0.3, 0.4) is 0 Å². The highest BCUT2D eigenvalue weighted by molar-refractivity contribution is 7.48. The van der Waals surface area contributed by atoms with E-state index in [2.05, 4.69) is 50.0 Å². The van der Waals surface area contributed by atoms with Crippen molar-refractivity contribution in [2.24, 2.45) is 0 Å². The van der Waals surface area contributed by atoms with E-state index in [1.165, 1.54) is 32.1 Å². The average molecular weight is 888 g/mol. The normalized spacial score (nSPS) is 12.2. The first-order valence-corrected chi connectivity index (χ1v) is 26.4. The molecule has 0 aliphatic rings. The van der Waals surface area contributed by atoms with E-state index < -0.39 is 7.82 Å². The van der Waals surface area contributed by atoms with Crippen molar-refractivity contribution in [2.45, 2.75) is 214 Å². The van der Waals surface area contributed by atoms with E-state index in [0.717, 1.165) is 135 Å². The molecule has 0 amide bonds. The minimum absolute atomic E-state index is 0.0688. The van der Waals surface area contributed by atoms with Gasteiger partial charge in [-0.15, -0.1) is 0 Å². The maximum absolute atomic E-state index is 12.8. The number of nitrogens with zero attached hydrogens (tertiary/aromatic N) is 1. The first kappa shape index (κ1) is 59.4. The van der Waals surface area contributed by atoms with Gasteiger partial charge in [0.1, 0.15) is 0 Å². The van der Waals surface area contributed by atoms with E-state index in [-0.39, 0.29) is 44.5 Å². The lowest BCUT2D eigenvalue weighted by molar-refractivity contribution is -0.159. The number of carbonyl (C=O) groups is 2. The summed E-state index contributed by atoms with van der Waals surface area (Å²) in [5, 5.41) is 0. The Labute approximate surface area is 374 Å². The standard InChI is InChI=1S/C49H94NO10P/c1-6-11-14-17-20-27-32-42-54-47(51)36-29-22-21-23-30-39-50(41-46-60-61(53,58-9-4)59-10-5)40-31-24-28-33-43-55-48(52)37-38-49(56-44-34-25-18-15-12-7-2)57-45-35-26-19-16-13-8-3/h12-13,15-16,49H,6-11,14,17-46H2,1-5H3/b15-12-,16-13-. The predicted octanol–water partition coefficient (Wildman–Crippen LogP) is 13.6. The summed E-state index contributed by atoms with van der Waals surface area (Å²) in [5.74, 6) is -0.270. The number of phosphoric ester groups is 1. The van der Waals surface area contributed by atoms with Crippen LogP contribution in [0.5, 0.6) is 0 Å². The summed E-state index contributed by atoms with van der Waals surface area (Å²) >= 11 is 0. The predicted molar refractivity (Wildman–Crippen MR) is 251 cm³/mol. The molecule has 0 radical (unpaired) electrons. The van der Waals surface area contributed by atoms with Crippen molar-refractivity contribution in [1.29, 1.82) is 0 Å². The molecule has 0 saturated carbocycles. The zero-order valence-corrected chi connectivity index (χ0v) is 40.9. The Balaban J connectivity index is 4.53. The van der Waals surface area contributed by atoms with Gasteiger partial charge < -0.3 is 23.8 Å².